The fourth-order valence-electron chi connectivity index (χ4n) is 4.50. The molecular weight excluding hydrogens is 518 g/mol. The molecule has 39 heavy (non-hydrogen) atoms. The van der Waals surface area contributed by atoms with Gasteiger partial charge >= 0.3 is 6.03 Å². The van der Waals surface area contributed by atoms with Gasteiger partial charge in [-0.15, -0.1) is 0 Å². The Hall–Kier alpha value is -4.64. The number of pyridine rings is 1. The number of anilines is 3. The zero-order chi connectivity index (χ0) is 27.4. The first-order chi connectivity index (χ1) is 18.9. The molecule has 0 aliphatic carbocycles. The quantitative estimate of drug-likeness (QED) is 0.356. The van der Waals surface area contributed by atoms with Crippen LogP contribution in [0.5, 0.6) is 5.75 Å². The number of piperazine rings is 1. The number of nitrogens with zero attached hydrogens (tertiary/aromatic N) is 4. The standard InChI is InChI=1S/C28H27N5O5S/c1-38-24-13-9-22(10-14-24)30-28(35)32-18-16-31(17-19-32)27(34)21-7-11-23(12-8-21)33(39(36)37)25-6-2-4-20-5-3-15-29-26(20)25/h2-15,39H,16-19H2,1H3,(H,30,35). The minimum atomic E-state index is -3.01. The Labute approximate surface area is 227 Å². The molecule has 5 rings (SSSR count). The third kappa shape index (κ3) is 5.63. The molecule has 1 aliphatic heterocycles. The molecule has 10 nitrogen and oxygen atoms in total. The van der Waals surface area contributed by atoms with Crippen molar-refractivity contribution in [2.45, 2.75) is 0 Å². The van der Waals surface area contributed by atoms with E-state index in [4.69, 9.17) is 4.74 Å². The number of aromatic nitrogens is 1. The Bertz CT molecular complexity index is 1550. The summed E-state index contributed by atoms with van der Waals surface area (Å²) in [5.74, 6) is 0.523. The van der Waals surface area contributed by atoms with Crippen LogP contribution in [0.4, 0.5) is 21.9 Å². The van der Waals surface area contributed by atoms with Crippen LogP contribution in [0.15, 0.2) is 85.1 Å². The normalized spacial score (nSPS) is 13.4. The minimum absolute atomic E-state index is 0.179. The van der Waals surface area contributed by atoms with Crippen LogP contribution in [0.3, 0.4) is 0 Å². The lowest BCUT2D eigenvalue weighted by Crippen LogP contribution is -2.51. The Balaban J connectivity index is 1.24. The molecule has 3 amide bonds. The van der Waals surface area contributed by atoms with Gasteiger partial charge in [0.25, 0.3) is 5.91 Å². The highest BCUT2D eigenvalue weighted by molar-refractivity contribution is 7.74. The number of hydrogen-bond acceptors (Lipinski definition) is 6. The number of methoxy groups -OCH3 is 1. The van der Waals surface area contributed by atoms with E-state index in [-0.39, 0.29) is 11.9 Å². The number of carbonyl (C=O) groups is 2. The SMILES string of the molecule is COc1ccc(NC(=O)N2CCN(C(=O)c3ccc(N(c4cccc5cccnc45)[SH](=O)=O)cc3)CC2)cc1. The van der Waals surface area contributed by atoms with Crippen LogP contribution < -0.4 is 14.4 Å². The second-order valence-corrected chi connectivity index (χ2v) is 9.76. The van der Waals surface area contributed by atoms with Crippen LogP contribution in [-0.2, 0) is 10.9 Å². The number of thiol groups is 1. The first-order valence-corrected chi connectivity index (χ1v) is 13.4. The first-order valence-electron chi connectivity index (χ1n) is 12.3. The van der Waals surface area contributed by atoms with E-state index in [1.54, 1.807) is 89.8 Å². The Morgan fingerprint density at radius 3 is 2.21 bits per heavy atom. The lowest BCUT2D eigenvalue weighted by molar-refractivity contribution is 0.0671. The van der Waals surface area contributed by atoms with Gasteiger partial charge in [0.05, 0.1) is 24.0 Å². The van der Waals surface area contributed by atoms with Crippen molar-refractivity contribution in [2.24, 2.45) is 0 Å². The number of amides is 3. The van der Waals surface area contributed by atoms with Gasteiger partial charge in [-0.1, -0.05) is 18.2 Å². The van der Waals surface area contributed by atoms with Gasteiger partial charge in [-0.05, 0) is 60.7 Å². The second kappa shape index (κ2) is 11.4. The van der Waals surface area contributed by atoms with Crippen molar-refractivity contribution in [3.8, 4) is 5.75 Å². The highest BCUT2D eigenvalue weighted by atomic mass is 32.2. The molecule has 200 valence electrons. The molecule has 11 heteroatoms. The number of hydrogen-bond donors (Lipinski definition) is 2. The summed E-state index contributed by atoms with van der Waals surface area (Å²) in [4.78, 5) is 33.5. The molecule has 2 heterocycles. The number of nitrogens with one attached hydrogen (secondary N) is 1. The highest BCUT2D eigenvalue weighted by Gasteiger charge is 2.25. The number of rotatable bonds is 6. The molecule has 0 saturated carbocycles. The number of urea groups is 1. The fourth-order valence-corrected chi connectivity index (χ4v) is 5.16. The number of ether oxygens (including phenoxy) is 1. The molecule has 1 N–H and O–H groups in total. The average molecular weight is 546 g/mol. The van der Waals surface area contributed by atoms with E-state index in [1.807, 2.05) is 12.1 Å². The molecule has 1 fully saturated rings. The molecule has 0 radical (unpaired) electrons. The van der Waals surface area contributed by atoms with Crippen molar-refractivity contribution in [3.63, 3.8) is 0 Å². The number of carbonyl (C=O) groups excluding carboxylic acids is 2. The smallest absolute Gasteiger partial charge is 0.321 e. The number of para-hydroxylation sites is 1. The third-order valence-electron chi connectivity index (χ3n) is 6.56. The van der Waals surface area contributed by atoms with E-state index in [1.165, 1.54) is 4.31 Å². The van der Waals surface area contributed by atoms with Gasteiger partial charge in [-0.2, -0.15) is 0 Å². The maximum Gasteiger partial charge on any atom is 0.321 e. The molecule has 1 saturated heterocycles. The van der Waals surface area contributed by atoms with Gasteiger partial charge in [0, 0.05) is 49.0 Å². The molecule has 1 aliphatic rings. The fraction of sp³-hybridized carbons (Fsp3) is 0.179. The van der Waals surface area contributed by atoms with Gasteiger partial charge in [0.2, 0.25) is 10.9 Å². The Morgan fingerprint density at radius 1 is 0.872 bits per heavy atom. The Kier molecular flexibility index (Phi) is 7.60. The van der Waals surface area contributed by atoms with Crippen molar-refractivity contribution in [1.29, 1.82) is 0 Å². The summed E-state index contributed by atoms with van der Waals surface area (Å²) < 4.78 is 30.8. The summed E-state index contributed by atoms with van der Waals surface area (Å²) in [5, 5.41) is 3.68. The summed E-state index contributed by atoms with van der Waals surface area (Å²) in [6, 6.07) is 22.3. The zero-order valence-electron chi connectivity index (χ0n) is 21.2. The summed E-state index contributed by atoms with van der Waals surface area (Å²) in [6.07, 6.45) is 1.62. The van der Waals surface area contributed by atoms with Crippen LogP contribution in [0.2, 0.25) is 0 Å². The maximum atomic E-state index is 13.1. The van der Waals surface area contributed by atoms with E-state index in [2.05, 4.69) is 10.3 Å². The van der Waals surface area contributed by atoms with Crippen LogP contribution >= 0.6 is 0 Å². The van der Waals surface area contributed by atoms with Gasteiger partial charge in [0.15, 0.2) is 0 Å². The van der Waals surface area contributed by atoms with Crippen LogP contribution in [0, 0.1) is 0 Å². The van der Waals surface area contributed by atoms with Crippen molar-refractivity contribution < 1.29 is 22.7 Å². The molecule has 3 aromatic carbocycles. The average Bonchev–Trinajstić information content (AvgIpc) is 2.98. The predicted molar refractivity (Wildman–Crippen MR) is 150 cm³/mol. The van der Waals surface area contributed by atoms with Crippen molar-refractivity contribution in [3.05, 3.63) is 90.6 Å². The monoisotopic (exact) mass is 545 g/mol. The zero-order valence-corrected chi connectivity index (χ0v) is 22.1. The number of benzene rings is 3. The first kappa shape index (κ1) is 26.0. The van der Waals surface area contributed by atoms with E-state index in [9.17, 15) is 18.0 Å². The highest BCUT2D eigenvalue weighted by Crippen LogP contribution is 2.31. The van der Waals surface area contributed by atoms with Crippen molar-refractivity contribution in [1.82, 2.24) is 14.8 Å². The molecule has 1 aromatic heterocycles. The third-order valence-corrected chi connectivity index (χ3v) is 7.33. The van der Waals surface area contributed by atoms with Gasteiger partial charge in [0.1, 0.15) is 5.75 Å². The van der Waals surface area contributed by atoms with Crippen molar-refractivity contribution >= 4 is 50.8 Å². The summed E-state index contributed by atoms with van der Waals surface area (Å²) in [5.41, 5.74) is 2.50. The van der Waals surface area contributed by atoms with Gasteiger partial charge in [-0.3, -0.25) is 9.78 Å². The second-order valence-electron chi connectivity index (χ2n) is 8.89. The van der Waals surface area contributed by atoms with Crippen LogP contribution in [0.25, 0.3) is 10.9 Å². The van der Waals surface area contributed by atoms with Gasteiger partial charge in [-0.25, -0.2) is 17.5 Å². The van der Waals surface area contributed by atoms with E-state index in [0.717, 1.165) is 5.39 Å². The Morgan fingerprint density at radius 2 is 1.54 bits per heavy atom. The molecule has 0 atom stereocenters. The number of fused-ring (bicyclic) bond motifs is 1. The molecule has 0 unspecified atom stereocenters. The minimum Gasteiger partial charge on any atom is -0.497 e. The molecular formula is C28H27N5O5S. The predicted octanol–water partition coefficient (Wildman–Crippen LogP) is 3.90. The van der Waals surface area contributed by atoms with Crippen molar-refractivity contribution in [2.75, 3.05) is 42.9 Å². The summed E-state index contributed by atoms with van der Waals surface area (Å²) in [6.45, 7) is 1.56. The van der Waals surface area contributed by atoms with E-state index < -0.39 is 10.9 Å². The van der Waals surface area contributed by atoms with Crippen LogP contribution in [-0.4, -0.2) is 68.4 Å². The van der Waals surface area contributed by atoms with E-state index >= 15 is 0 Å². The molecule has 0 bridgehead atoms. The summed E-state index contributed by atoms with van der Waals surface area (Å²) in [7, 11) is -1.43. The van der Waals surface area contributed by atoms with Gasteiger partial charge < -0.3 is 19.9 Å². The van der Waals surface area contributed by atoms with E-state index in [0.29, 0.717) is 60.1 Å². The topological polar surface area (TPSA) is 112 Å². The molecule has 0 spiro atoms. The van der Waals surface area contributed by atoms with Crippen LogP contribution in [0.1, 0.15) is 10.4 Å². The molecule has 4 aromatic rings. The lowest BCUT2D eigenvalue weighted by atomic mass is 10.1. The largest absolute Gasteiger partial charge is 0.497 e. The maximum absolute atomic E-state index is 13.1. The lowest BCUT2D eigenvalue weighted by Gasteiger charge is -2.34. The summed E-state index contributed by atoms with van der Waals surface area (Å²) >= 11 is 0.